The van der Waals surface area contributed by atoms with Gasteiger partial charge in [-0.1, -0.05) is 0 Å². The van der Waals surface area contributed by atoms with E-state index in [1.165, 1.54) is 51.4 Å². The Morgan fingerprint density at radius 3 is 2.19 bits per heavy atom. The molecule has 2 aliphatic rings. The molecule has 142 valence electrons. The second-order valence-corrected chi connectivity index (χ2v) is 12.7. The molecular formula is C21H29Cl3SiTi. The first kappa shape index (κ1) is 26.5. The fraction of sp³-hybridized carbons (Fsp3) is 0.524. The Labute approximate surface area is 191 Å². The van der Waals surface area contributed by atoms with Gasteiger partial charge in [0.2, 0.25) is 0 Å². The minimum atomic E-state index is -1.64. The van der Waals surface area contributed by atoms with Crippen molar-refractivity contribution in [2.75, 3.05) is 0 Å². The van der Waals surface area contributed by atoms with E-state index in [4.69, 9.17) is 0 Å². The molecule has 0 nitrogen and oxygen atoms in total. The number of allylic oxidation sites excluding steroid dienone is 4. The van der Waals surface area contributed by atoms with Crippen LogP contribution in [0.15, 0.2) is 51.1 Å². The quantitative estimate of drug-likeness (QED) is 0.404. The largest absolute Gasteiger partial charge is 1.00 e. The van der Waals surface area contributed by atoms with Gasteiger partial charge in [0.1, 0.15) is 0 Å². The SMILES string of the molecule is CCCC1=CC[C]([Ti+3])=C1[Si](C)(c1ccccc1)C1CCCCC1.[Cl-].[Cl-].[Cl-]. The molecule has 0 saturated heterocycles. The normalized spacial score (nSPS) is 19.6. The van der Waals surface area contributed by atoms with Crippen molar-refractivity contribution in [2.45, 2.75) is 70.4 Å². The van der Waals surface area contributed by atoms with Crippen LogP contribution in [0.1, 0.15) is 58.3 Å². The molecule has 0 bridgehead atoms. The van der Waals surface area contributed by atoms with Crippen molar-refractivity contribution in [3.8, 4) is 0 Å². The van der Waals surface area contributed by atoms with Crippen LogP contribution in [-0.4, -0.2) is 8.07 Å². The summed E-state index contributed by atoms with van der Waals surface area (Å²) in [5.41, 5.74) is 2.63. The summed E-state index contributed by atoms with van der Waals surface area (Å²) in [6.07, 6.45) is 13.5. The Kier molecular flexibility index (Phi) is 12.4. The average Bonchev–Trinajstić information content (AvgIpc) is 2.97. The minimum absolute atomic E-state index is 0. The van der Waals surface area contributed by atoms with Crippen LogP contribution in [0, 0.1) is 0 Å². The van der Waals surface area contributed by atoms with Crippen LogP contribution in [0.5, 0.6) is 0 Å². The third-order valence-corrected chi connectivity index (χ3v) is 12.5. The summed E-state index contributed by atoms with van der Waals surface area (Å²) in [5, 5.41) is 3.50. The third kappa shape index (κ3) is 5.31. The molecule has 0 radical (unpaired) electrons. The summed E-state index contributed by atoms with van der Waals surface area (Å²) in [4.78, 5) is 0. The molecule has 3 rings (SSSR count). The fourth-order valence-corrected chi connectivity index (χ4v) is 11.7. The van der Waals surface area contributed by atoms with Gasteiger partial charge in [-0.3, -0.25) is 0 Å². The number of rotatable bonds is 5. The van der Waals surface area contributed by atoms with Crippen LogP contribution in [0.4, 0.5) is 0 Å². The van der Waals surface area contributed by atoms with Crippen molar-refractivity contribution in [2.24, 2.45) is 0 Å². The monoisotopic (exact) mass is 462 g/mol. The van der Waals surface area contributed by atoms with Gasteiger partial charge in [0.15, 0.2) is 0 Å². The van der Waals surface area contributed by atoms with E-state index >= 15 is 0 Å². The van der Waals surface area contributed by atoms with Crippen molar-refractivity contribution >= 4 is 13.3 Å². The molecule has 1 aromatic rings. The zero-order valence-electron chi connectivity index (χ0n) is 15.8. The standard InChI is InChI=1S/C21H29Si.3ClH.Ti/c1-3-11-18-12-10-17-21(18)22(2,19-13-6-4-7-14-19)20-15-8-5-9-16-20;;;;/h4,6-7,12-14,20H,3,5,8-11,15-16H2,1-2H3;3*1H;/q;;;;+3/p-3. The fourth-order valence-electron chi connectivity index (χ4n) is 4.82. The molecule has 5 heteroatoms. The van der Waals surface area contributed by atoms with Gasteiger partial charge < -0.3 is 37.2 Å². The van der Waals surface area contributed by atoms with E-state index in [1.807, 2.05) is 5.20 Å². The Balaban J connectivity index is 0.00000208. The van der Waals surface area contributed by atoms with Crippen LogP contribution in [0.2, 0.25) is 12.1 Å². The first-order valence-corrected chi connectivity index (χ1v) is 12.7. The van der Waals surface area contributed by atoms with Gasteiger partial charge in [-0.15, -0.1) is 0 Å². The molecule has 0 heterocycles. The van der Waals surface area contributed by atoms with Gasteiger partial charge in [-0.05, 0) is 0 Å². The number of hydrogen-bond acceptors (Lipinski definition) is 0. The predicted octanol–water partition coefficient (Wildman–Crippen LogP) is -3.21. The molecule has 1 unspecified atom stereocenters. The molecule has 0 N–H and O–H groups in total. The topological polar surface area (TPSA) is 0 Å². The maximum absolute atomic E-state index is 2.69. The average molecular weight is 464 g/mol. The van der Waals surface area contributed by atoms with Crippen molar-refractivity contribution in [1.29, 1.82) is 0 Å². The second-order valence-electron chi connectivity index (χ2n) is 7.44. The van der Waals surface area contributed by atoms with E-state index in [2.05, 4.69) is 70.3 Å². The van der Waals surface area contributed by atoms with Crippen LogP contribution in [0.3, 0.4) is 0 Å². The maximum atomic E-state index is 2.69. The maximum Gasteiger partial charge on any atom is -1.00 e. The molecule has 2 aliphatic carbocycles. The molecule has 0 spiro atoms. The van der Waals surface area contributed by atoms with Crippen LogP contribution < -0.4 is 42.4 Å². The van der Waals surface area contributed by atoms with Gasteiger partial charge in [0.25, 0.3) is 0 Å². The summed E-state index contributed by atoms with van der Waals surface area (Å²) >= 11 is 2.41. The molecule has 0 aliphatic heterocycles. The number of halogens is 3. The van der Waals surface area contributed by atoms with Gasteiger partial charge in [0.05, 0.1) is 0 Å². The summed E-state index contributed by atoms with van der Waals surface area (Å²) in [6.45, 7) is 5.01. The third-order valence-electron chi connectivity index (χ3n) is 6.01. The summed E-state index contributed by atoms with van der Waals surface area (Å²) in [5.74, 6) is 0. The predicted molar refractivity (Wildman–Crippen MR) is 99.2 cm³/mol. The summed E-state index contributed by atoms with van der Waals surface area (Å²) in [7, 11) is -1.64. The second kappa shape index (κ2) is 12.1. The van der Waals surface area contributed by atoms with E-state index in [9.17, 15) is 0 Å². The Morgan fingerprint density at radius 1 is 1.00 bits per heavy atom. The molecule has 1 atom stereocenters. The molecule has 0 aromatic heterocycles. The number of benzene rings is 1. The van der Waals surface area contributed by atoms with Crippen molar-refractivity contribution in [3.63, 3.8) is 0 Å². The Hall–Kier alpha value is 0.501. The van der Waals surface area contributed by atoms with Crippen LogP contribution in [0.25, 0.3) is 0 Å². The molecule has 26 heavy (non-hydrogen) atoms. The van der Waals surface area contributed by atoms with Crippen LogP contribution in [-0.2, 0) is 20.4 Å². The van der Waals surface area contributed by atoms with Gasteiger partial charge >= 0.3 is 155 Å². The van der Waals surface area contributed by atoms with Gasteiger partial charge in [-0.25, -0.2) is 0 Å². The van der Waals surface area contributed by atoms with E-state index in [1.54, 1.807) is 14.6 Å². The van der Waals surface area contributed by atoms with Crippen molar-refractivity contribution in [1.82, 2.24) is 0 Å². The van der Waals surface area contributed by atoms with E-state index in [-0.39, 0.29) is 37.2 Å². The molecule has 1 fully saturated rings. The first-order valence-electron chi connectivity index (χ1n) is 9.38. The first-order chi connectivity index (χ1) is 11.2. The van der Waals surface area contributed by atoms with Gasteiger partial charge in [-0.2, -0.15) is 0 Å². The zero-order valence-corrected chi connectivity index (χ0v) is 20.7. The molecule has 0 amide bonds. The van der Waals surface area contributed by atoms with E-state index in [0.29, 0.717) is 0 Å². The molecule has 1 aromatic carbocycles. The Morgan fingerprint density at radius 2 is 1.62 bits per heavy atom. The van der Waals surface area contributed by atoms with Crippen molar-refractivity contribution in [3.05, 3.63) is 51.1 Å². The summed E-state index contributed by atoms with van der Waals surface area (Å²) < 4.78 is 1.68. The van der Waals surface area contributed by atoms with Crippen molar-refractivity contribution < 1.29 is 57.7 Å². The molecular weight excluding hydrogens is 435 g/mol. The summed E-state index contributed by atoms with van der Waals surface area (Å²) in [6, 6.07) is 11.6. The van der Waals surface area contributed by atoms with E-state index < -0.39 is 8.07 Å². The smallest absolute Gasteiger partial charge is 1.00 e. The Bertz CT molecular complexity index is 609. The van der Waals surface area contributed by atoms with Crippen LogP contribution >= 0.6 is 0 Å². The van der Waals surface area contributed by atoms with E-state index in [0.717, 1.165) is 5.54 Å². The molecule has 1 saturated carbocycles. The zero-order chi connectivity index (χ0) is 16.3. The minimum Gasteiger partial charge on any atom is -1.00 e. The number of hydrogen-bond donors (Lipinski definition) is 0. The van der Waals surface area contributed by atoms with Gasteiger partial charge in [0, 0.05) is 0 Å².